The van der Waals surface area contributed by atoms with Crippen molar-refractivity contribution in [3.8, 4) is 0 Å². The van der Waals surface area contributed by atoms with Crippen LogP contribution in [0.5, 0.6) is 0 Å². The summed E-state index contributed by atoms with van der Waals surface area (Å²) in [5.41, 5.74) is 0.767. The summed E-state index contributed by atoms with van der Waals surface area (Å²) in [6.45, 7) is 9.45. The third-order valence-electron chi connectivity index (χ3n) is 3.94. The van der Waals surface area contributed by atoms with Gasteiger partial charge in [-0.2, -0.15) is 4.31 Å². The van der Waals surface area contributed by atoms with Gasteiger partial charge in [-0.15, -0.1) is 0 Å². The molecule has 6 heteroatoms. The summed E-state index contributed by atoms with van der Waals surface area (Å²) in [6, 6.07) is 0.0709. The molecule has 5 nitrogen and oxygen atoms in total. The summed E-state index contributed by atoms with van der Waals surface area (Å²) in [5.74, 6) is 1.18. The van der Waals surface area contributed by atoms with E-state index in [1.54, 1.807) is 11.2 Å². The van der Waals surface area contributed by atoms with E-state index in [2.05, 4.69) is 5.32 Å². The largest absolute Gasteiger partial charge is 0.465 e. The standard InChI is InChI=1S/C14H24N2O3S/c1-5-15-9-13-11(3)19-12(4)14(13)20(17,18)16-8-6-7-10(16)2/h10,15H,5-9H2,1-4H3. The first kappa shape index (κ1) is 15.5. The first-order chi connectivity index (χ1) is 9.39. The molecule has 0 spiro atoms. The Hall–Kier alpha value is -0.850. The molecule has 1 atom stereocenters. The quantitative estimate of drug-likeness (QED) is 0.905. The molecule has 0 aromatic carbocycles. The van der Waals surface area contributed by atoms with E-state index in [-0.39, 0.29) is 6.04 Å². The van der Waals surface area contributed by atoms with Crippen molar-refractivity contribution in [2.75, 3.05) is 13.1 Å². The van der Waals surface area contributed by atoms with E-state index in [9.17, 15) is 8.42 Å². The molecule has 0 bridgehead atoms. The normalized spacial score (nSPS) is 20.7. The molecule has 1 fully saturated rings. The Bertz CT molecular complexity index is 577. The van der Waals surface area contributed by atoms with E-state index >= 15 is 0 Å². The molecule has 1 aromatic rings. The Labute approximate surface area is 121 Å². The molecule has 0 radical (unpaired) electrons. The topological polar surface area (TPSA) is 62.6 Å². The number of nitrogens with one attached hydrogen (secondary N) is 1. The maximum atomic E-state index is 12.9. The van der Waals surface area contributed by atoms with Crippen molar-refractivity contribution in [2.45, 2.75) is 58.0 Å². The van der Waals surface area contributed by atoms with Crippen LogP contribution in [0.3, 0.4) is 0 Å². The molecule has 20 heavy (non-hydrogen) atoms. The van der Waals surface area contributed by atoms with Crippen molar-refractivity contribution in [3.05, 3.63) is 17.1 Å². The van der Waals surface area contributed by atoms with Gasteiger partial charge in [0, 0.05) is 24.7 Å². The van der Waals surface area contributed by atoms with Crippen LogP contribution in [0.1, 0.15) is 43.8 Å². The van der Waals surface area contributed by atoms with Crippen LogP contribution in [-0.2, 0) is 16.6 Å². The third-order valence-corrected chi connectivity index (χ3v) is 6.15. The van der Waals surface area contributed by atoms with Crippen LogP contribution in [0, 0.1) is 13.8 Å². The van der Waals surface area contributed by atoms with Gasteiger partial charge in [-0.05, 0) is 40.2 Å². The van der Waals surface area contributed by atoms with Gasteiger partial charge >= 0.3 is 0 Å². The summed E-state index contributed by atoms with van der Waals surface area (Å²) < 4.78 is 33.0. The second-order valence-electron chi connectivity index (χ2n) is 5.41. The van der Waals surface area contributed by atoms with Crippen molar-refractivity contribution in [3.63, 3.8) is 0 Å². The Morgan fingerprint density at radius 2 is 2.05 bits per heavy atom. The van der Waals surface area contributed by atoms with E-state index in [1.807, 2.05) is 20.8 Å². The lowest BCUT2D eigenvalue weighted by molar-refractivity contribution is 0.406. The highest BCUT2D eigenvalue weighted by Crippen LogP contribution is 2.32. The van der Waals surface area contributed by atoms with Gasteiger partial charge in [0.25, 0.3) is 0 Å². The zero-order valence-corrected chi connectivity index (χ0v) is 13.5. The summed E-state index contributed by atoms with van der Waals surface area (Å²) in [7, 11) is -3.46. The highest BCUT2D eigenvalue weighted by Gasteiger charge is 2.37. The van der Waals surface area contributed by atoms with Gasteiger partial charge in [0.05, 0.1) is 0 Å². The second-order valence-corrected chi connectivity index (χ2v) is 7.24. The van der Waals surface area contributed by atoms with Crippen molar-refractivity contribution in [1.82, 2.24) is 9.62 Å². The number of furan rings is 1. The lowest BCUT2D eigenvalue weighted by Gasteiger charge is -2.21. The van der Waals surface area contributed by atoms with Crippen LogP contribution < -0.4 is 5.32 Å². The molecule has 0 aliphatic carbocycles. The van der Waals surface area contributed by atoms with E-state index < -0.39 is 10.0 Å². The Balaban J connectivity index is 2.45. The van der Waals surface area contributed by atoms with Gasteiger partial charge in [-0.25, -0.2) is 8.42 Å². The van der Waals surface area contributed by atoms with Crippen LogP contribution in [0.25, 0.3) is 0 Å². The summed E-state index contributed by atoms with van der Waals surface area (Å²) >= 11 is 0. The Morgan fingerprint density at radius 1 is 1.35 bits per heavy atom. The van der Waals surface area contributed by atoms with Crippen molar-refractivity contribution in [2.24, 2.45) is 0 Å². The monoisotopic (exact) mass is 300 g/mol. The van der Waals surface area contributed by atoms with Crippen LogP contribution in [0.2, 0.25) is 0 Å². The number of sulfonamides is 1. The SMILES string of the molecule is CCNCc1c(C)oc(C)c1S(=O)(=O)N1CCCC1C. The summed E-state index contributed by atoms with van der Waals surface area (Å²) in [5, 5.41) is 3.19. The fourth-order valence-corrected chi connectivity index (χ4v) is 5.00. The molecular formula is C14H24N2O3S. The predicted octanol–water partition coefficient (Wildman–Crippen LogP) is 2.18. The number of rotatable bonds is 5. The van der Waals surface area contributed by atoms with Gasteiger partial charge in [0.1, 0.15) is 16.4 Å². The lowest BCUT2D eigenvalue weighted by atomic mass is 10.2. The molecule has 0 saturated carbocycles. The van der Waals surface area contributed by atoms with Gasteiger partial charge in [-0.1, -0.05) is 6.92 Å². The second kappa shape index (κ2) is 5.87. The number of hydrogen-bond acceptors (Lipinski definition) is 4. The molecule has 2 heterocycles. The Kier molecular flexibility index (Phi) is 4.56. The zero-order valence-electron chi connectivity index (χ0n) is 12.7. The molecular weight excluding hydrogens is 276 g/mol. The molecule has 0 amide bonds. The minimum absolute atomic E-state index is 0.0709. The average molecular weight is 300 g/mol. The van der Waals surface area contributed by atoms with E-state index in [4.69, 9.17) is 4.42 Å². The van der Waals surface area contributed by atoms with E-state index in [0.717, 1.165) is 24.9 Å². The van der Waals surface area contributed by atoms with Crippen LogP contribution in [0.15, 0.2) is 9.31 Å². The molecule has 1 aliphatic rings. The van der Waals surface area contributed by atoms with Crippen LogP contribution in [0.4, 0.5) is 0 Å². The van der Waals surface area contributed by atoms with Crippen molar-refractivity contribution in [1.29, 1.82) is 0 Å². The molecule has 1 N–H and O–H groups in total. The average Bonchev–Trinajstić information content (AvgIpc) is 2.91. The van der Waals surface area contributed by atoms with Crippen LogP contribution in [-0.4, -0.2) is 31.9 Å². The number of hydrogen-bond donors (Lipinski definition) is 1. The maximum absolute atomic E-state index is 12.9. The van der Waals surface area contributed by atoms with Crippen molar-refractivity contribution < 1.29 is 12.8 Å². The molecule has 114 valence electrons. The molecule has 1 aromatic heterocycles. The Morgan fingerprint density at radius 3 is 2.60 bits per heavy atom. The van der Waals surface area contributed by atoms with Crippen LogP contribution >= 0.6 is 0 Å². The summed E-state index contributed by atoms with van der Waals surface area (Å²) in [6.07, 6.45) is 1.86. The molecule has 1 aliphatic heterocycles. The smallest absolute Gasteiger partial charge is 0.247 e. The van der Waals surface area contributed by atoms with Gasteiger partial charge in [-0.3, -0.25) is 0 Å². The fourth-order valence-electron chi connectivity index (χ4n) is 2.88. The third kappa shape index (κ3) is 2.64. The number of aryl methyl sites for hydroxylation is 2. The lowest BCUT2D eigenvalue weighted by Crippen LogP contribution is -2.34. The molecule has 2 rings (SSSR count). The summed E-state index contributed by atoms with van der Waals surface area (Å²) in [4.78, 5) is 0.365. The molecule has 1 unspecified atom stereocenters. The van der Waals surface area contributed by atoms with E-state index in [0.29, 0.717) is 29.5 Å². The van der Waals surface area contributed by atoms with E-state index in [1.165, 1.54) is 0 Å². The van der Waals surface area contributed by atoms with Crippen molar-refractivity contribution >= 4 is 10.0 Å². The van der Waals surface area contributed by atoms with Gasteiger partial charge in [0.2, 0.25) is 10.0 Å². The minimum Gasteiger partial charge on any atom is -0.465 e. The minimum atomic E-state index is -3.46. The first-order valence-corrected chi connectivity index (χ1v) is 8.65. The van der Waals surface area contributed by atoms with Gasteiger partial charge in [0.15, 0.2) is 0 Å². The first-order valence-electron chi connectivity index (χ1n) is 7.21. The maximum Gasteiger partial charge on any atom is 0.247 e. The highest BCUT2D eigenvalue weighted by molar-refractivity contribution is 7.89. The highest BCUT2D eigenvalue weighted by atomic mass is 32.2. The number of nitrogens with zero attached hydrogens (tertiary/aromatic N) is 1. The molecule has 1 saturated heterocycles. The van der Waals surface area contributed by atoms with Gasteiger partial charge < -0.3 is 9.73 Å². The fraction of sp³-hybridized carbons (Fsp3) is 0.714. The predicted molar refractivity (Wildman–Crippen MR) is 78.2 cm³/mol. The zero-order chi connectivity index (χ0) is 14.9.